The summed E-state index contributed by atoms with van der Waals surface area (Å²) in [6, 6.07) is 0.250. The van der Waals surface area contributed by atoms with Crippen molar-refractivity contribution in [1.29, 1.82) is 0 Å². The minimum atomic E-state index is -3.89. The monoisotopic (exact) mass is 382 g/mol. The fourth-order valence-electron chi connectivity index (χ4n) is 2.72. The van der Waals surface area contributed by atoms with E-state index in [0.29, 0.717) is 0 Å². The lowest BCUT2D eigenvalue weighted by Gasteiger charge is -2.12. The second-order valence-electron chi connectivity index (χ2n) is 6.55. The summed E-state index contributed by atoms with van der Waals surface area (Å²) in [5.74, 6) is -0.0692. The number of rotatable bonds is 6. The van der Waals surface area contributed by atoms with Gasteiger partial charge in [0.25, 0.3) is 5.91 Å². The Hall–Kier alpha value is -2.40. The van der Waals surface area contributed by atoms with Crippen LogP contribution in [0.4, 0.5) is 11.8 Å². The average molecular weight is 382 g/mol. The number of hydrogen-bond donors (Lipinski definition) is 2. The number of nitrogens with one attached hydrogen (secondary N) is 2. The van der Waals surface area contributed by atoms with Crippen LogP contribution >= 0.6 is 0 Å². The standard InChI is InChI=1S/C15H22N6O4S/c1-9(2)21-13(10-6-5-7-11(10)18-21)17-15-16-12(8-25-15)14(22)19-26(23,24)20(3)4/h8-9H,5-7H2,1-4H3,(H,16,17)(H,19,22). The van der Waals surface area contributed by atoms with Gasteiger partial charge in [-0.05, 0) is 33.1 Å². The Morgan fingerprint density at radius 2 is 2.08 bits per heavy atom. The quantitative estimate of drug-likeness (QED) is 0.770. The molecule has 11 heteroatoms. The van der Waals surface area contributed by atoms with Gasteiger partial charge in [-0.2, -0.15) is 22.8 Å². The van der Waals surface area contributed by atoms with Gasteiger partial charge < -0.3 is 4.42 Å². The number of fused-ring (bicyclic) bond motifs is 1. The molecule has 0 saturated carbocycles. The van der Waals surface area contributed by atoms with Gasteiger partial charge in [-0.25, -0.2) is 9.40 Å². The van der Waals surface area contributed by atoms with Crippen LogP contribution in [0, 0.1) is 0 Å². The number of aromatic nitrogens is 3. The summed E-state index contributed by atoms with van der Waals surface area (Å²) in [7, 11) is -1.26. The van der Waals surface area contributed by atoms with Gasteiger partial charge in [0.15, 0.2) is 5.69 Å². The van der Waals surface area contributed by atoms with E-state index >= 15 is 0 Å². The van der Waals surface area contributed by atoms with Crippen molar-refractivity contribution in [2.45, 2.75) is 39.2 Å². The summed E-state index contributed by atoms with van der Waals surface area (Å²) < 4.78 is 33.4. The smallest absolute Gasteiger partial charge is 0.303 e. The van der Waals surface area contributed by atoms with Gasteiger partial charge in [0.1, 0.15) is 12.1 Å². The molecule has 0 aliphatic heterocycles. The van der Waals surface area contributed by atoms with E-state index in [4.69, 9.17) is 4.42 Å². The predicted molar refractivity (Wildman–Crippen MR) is 94.5 cm³/mol. The Morgan fingerprint density at radius 3 is 2.73 bits per heavy atom. The van der Waals surface area contributed by atoms with E-state index < -0.39 is 16.1 Å². The van der Waals surface area contributed by atoms with Crippen LogP contribution < -0.4 is 10.0 Å². The van der Waals surface area contributed by atoms with Crippen molar-refractivity contribution in [1.82, 2.24) is 23.8 Å². The van der Waals surface area contributed by atoms with Crippen LogP contribution in [0.1, 0.15) is 48.1 Å². The first kappa shape index (κ1) is 18.4. The minimum Gasteiger partial charge on any atom is -0.431 e. The molecule has 0 radical (unpaired) electrons. The molecule has 10 nitrogen and oxygen atoms in total. The number of amides is 1. The predicted octanol–water partition coefficient (Wildman–Crippen LogP) is 1.22. The third kappa shape index (κ3) is 3.44. The molecule has 0 unspecified atom stereocenters. The summed E-state index contributed by atoms with van der Waals surface area (Å²) in [4.78, 5) is 16.1. The molecule has 2 aromatic rings. The van der Waals surface area contributed by atoms with E-state index in [2.05, 4.69) is 15.4 Å². The topological polar surface area (TPSA) is 122 Å². The third-order valence-corrected chi connectivity index (χ3v) is 5.49. The maximum atomic E-state index is 12.1. The molecule has 0 spiro atoms. The summed E-state index contributed by atoms with van der Waals surface area (Å²) in [6.07, 6.45) is 4.01. The molecule has 3 rings (SSSR count). The molecule has 1 aliphatic rings. The normalized spacial score (nSPS) is 14.1. The van der Waals surface area contributed by atoms with E-state index in [1.807, 2.05) is 23.3 Å². The number of carbonyl (C=O) groups is 1. The van der Waals surface area contributed by atoms with Crippen molar-refractivity contribution in [3.05, 3.63) is 23.2 Å². The second-order valence-corrected chi connectivity index (χ2v) is 8.43. The molecule has 142 valence electrons. The first-order chi connectivity index (χ1) is 12.2. The molecule has 0 aromatic carbocycles. The highest BCUT2D eigenvalue weighted by Gasteiger charge is 2.25. The van der Waals surface area contributed by atoms with E-state index in [0.717, 1.165) is 46.9 Å². The molecule has 0 fully saturated rings. The van der Waals surface area contributed by atoms with Gasteiger partial charge >= 0.3 is 16.2 Å². The third-order valence-electron chi connectivity index (χ3n) is 4.09. The fourth-order valence-corrected chi connectivity index (χ4v) is 3.24. The number of hydrogen-bond acceptors (Lipinski definition) is 7. The van der Waals surface area contributed by atoms with Crippen LogP contribution in [0.25, 0.3) is 0 Å². The summed E-state index contributed by atoms with van der Waals surface area (Å²) in [6.45, 7) is 4.04. The summed E-state index contributed by atoms with van der Waals surface area (Å²) in [5, 5.41) is 7.69. The van der Waals surface area contributed by atoms with Crippen molar-refractivity contribution < 1.29 is 17.6 Å². The highest BCUT2D eigenvalue weighted by Crippen LogP contribution is 2.32. The molecule has 0 atom stereocenters. The minimum absolute atomic E-state index is 0.105. The molecule has 2 aromatic heterocycles. The Kier molecular flexibility index (Phi) is 4.76. The number of nitrogens with zero attached hydrogens (tertiary/aromatic N) is 4. The molecule has 1 aliphatic carbocycles. The highest BCUT2D eigenvalue weighted by molar-refractivity contribution is 7.87. The maximum Gasteiger partial charge on any atom is 0.303 e. The van der Waals surface area contributed by atoms with Gasteiger partial charge in [0.05, 0.1) is 5.69 Å². The zero-order valence-corrected chi connectivity index (χ0v) is 15.9. The van der Waals surface area contributed by atoms with E-state index in [1.165, 1.54) is 14.1 Å². The van der Waals surface area contributed by atoms with Crippen molar-refractivity contribution in [3.8, 4) is 0 Å². The van der Waals surface area contributed by atoms with E-state index in [1.54, 1.807) is 0 Å². The van der Waals surface area contributed by atoms with Crippen molar-refractivity contribution in [2.24, 2.45) is 0 Å². The zero-order valence-electron chi connectivity index (χ0n) is 15.1. The highest BCUT2D eigenvalue weighted by atomic mass is 32.2. The molecule has 2 heterocycles. The SMILES string of the molecule is CC(C)n1nc2c(c1Nc1nc(C(=O)NS(=O)(=O)N(C)C)co1)CCC2. The molecule has 2 N–H and O–H groups in total. The van der Waals surface area contributed by atoms with Crippen molar-refractivity contribution >= 4 is 27.9 Å². The van der Waals surface area contributed by atoms with E-state index in [-0.39, 0.29) is 17.8 Å². The van der Waals surface area contributed by atoms with Gasteiger partial charge in [-0.1, -0.05) is 0 Å². The first-order valence-electron chi connectivity index (χ1n) is 8.26. The van der Waals surface area contributed by atoms with E-state index in [9.17, 15) is 13.2 Å². The molecule has 26 heavy (non-hydrogen) atoms. The van der Waals surface area contributed by atoms with Gasteiger partial charge in [0, 0.05) is 25.7 Å². The van der Waals surface area contributed by atoms with Gasteiger partial charge in [-0.15, -0.1) is 0 Å². The lowest BCUT2D eigenvalue weighted by atomic mass is 10.2. The molecule has 1 amide bonds. The number of anilines is 2. The molecular formula is C15H22N6O4S. The van der Waals surface area contributed by atoms with Gasteiger partial charge in [0.2, 0.25) is 0 Å². The Labute approximate surface area is 151 Å². The zero-order chi connectivity index (χ0) is 19.1. The largest absolute Gasteiger partial charge is 0.431 e. The van der Waals surface area contributed by atoms with Crippen LogP contribution in [-0.2, 0) is 23.1 Å². The van der Waals surface area contributed by atoms with Crippen LogP contribution in [0.5, 0.6) is 0 Å². The average Bonchev–Trinajstić information content (AvgIpc) is 3.24. The number of oxazole rings is 1. The number of aryl methyl sites for hydroxylation is 1. The maximum absolute atomic E-state index is 12.1. The Bertz CT molecular complexity index is 928. The van der Waals surface area contributed by atoms with Gasteiger partial charge in [-0.3, -0.25) is 10.1 Å². The first-order valence-corrected chi connectivity index (χ1v) is 9.70. The summed E-state index contributed by atoms with van der Waals surface area (Å²) in [5.41, 5.74) is 2.05. The molecule has 0 bridgehead atoms. The van der Waals surface area contributed by atoms with Crippen LogP contribution in [0.3, 0.4) is 0 Å². The van der Waals surface area contributed by atoms with Crippen LogP contribution in [-0.4, -0.2) is 47.5 Å². The lowest BCUT2D eigenvalue weighted by Crippen LogP contribution is -2.39. The molecular weight excluding hydrogens is 360 g/mol. The summed E-state index contributed by atoms with van der Waals surface area (Å²) >= 11 is 0. The van der Waals surface area contributed by atoms with Crippen molar-refractivity contribution in [2.75, 3.05) is 19.4 Å². The fraction of sp³-hybridized carbons (Fsp3) is 0.533. The molecule has 0 saturated heterocycles. The van der Waals surface area contributed by atoms with Crippen molar-refractivity contribution in [3.63, 3.8) is 0 Å². The van der Waals surface area contributed by atoms with Crippen LogP contribution in [0.15, 0.2) is 10.7 Å². The lowest BCUT2D eigenvalue weighted by molar-refractivity contribution is 0.0975. The van der Waals surface area contributed by atoms with Crippen LogP contribution in [0.2, 0.25) is 0 Å². The Balaban J connectivity index is 1.81. The second kappa shape index (κ2) is 6.72. The Morgan fingerprint density at radius 1 is 1.35 bits per heavy atom. The number of carbonyl (C=O) groups excluding carboxylic acids is 1.